The molecular formula is C29H29ClN8O7. The van der Waals surface area contributed by atoms with Crippen LogP contribution in [0.15, 0.2) is 62.4 Å². The van der Waals surface area contributed by atoms with Crippen molar-refractivity contribution >= 4 is 41.2 Å². The van der Waals surface area contributed by atoms with Crippen molar-refractivity contribution < 1.29 is 28.7 Å². The minimum atomic E-state index is -1.28. The van der Waals surface area contributed by atoms with Crippen molar-refractivity contribution in [3.63, 3.8) is 0 Å². The van der Waals surface area contributed by atoms with E-state index in [0.29, 0.717) is 22.8 Å². The van der Waals surface area contributed by atoms with Crippen LogP contribution in [-0.4, -0.2) is 51.6 Å². The van der Waals surface area contributed by atoms with Gasteiger partial charge in [0.05, 0.1) is 6.20 Å². The summed E-state index contributed by atoms with van der Waals surface area (Å²) in [5, 5.41) is 25.1. The molecule has 6 N–H and O–H groups in total. The van der Waals surface area contributed by atoms with Crippen molar-refractivity contribution in [2.75, 3.05) is 0 Å². The van der Waals surface area contributed by atoms with Gasteiger partial charge in [0, 0.05) is 31.1 Å². The molecule has 1 atom stereocenters. The predicted octanol–water partition coefficient (Wildman–Crippen LogP) is 3.55. The number of aromatic nitrogens is 6. The lowest BCUT2D eigenvalue weighted by Gasteiger charge is -2.07. The van der Waals surface area contributed by atoms with Crippen LogP contribution in [0.25, 0.3) is 28.3 Å². The Morgan fingerprint density at radius 2 is 1.96 bits per heavy atom. The van der Waals surface area contributed by atoms with Crippen molar-refractivity contribution in [2.45, 2.75) is 39.8 Å². The number of imidazole rings is 1. The fourth-order valence-corrected chi connectivity index (χ4v) is 4.86. The number of H-pyrrole nitrogens is 1. The summed E-state index contributed by atoms with van der Waals surface area (Å²) in [7, 11) is 0. The lowest BCUT2D eigenvalue weighted by Crippen LogP contribution is -2.25. The summed E-state index contributed by atoms with van der Waals surface area (Å²) in [6.45, 7) is 1.94. The van der Waals surface area contributed by atoms with E-state index < -0.39 is 23.5 Å². The number of hydrogen-bond acceptors (Lipinski definition) is 11. The zero-order valence-corrected chi connectivity index (χ0v) is 23.8. The number of aromatic hydroxyl groups is 1. The minimum absolute atomic E-state index is 0. The number of rotatable bonds is 5. The number of nitrogens with two attached hydrogens (primary N) is 1. The van der Waals surface area contributed by atoms with Crippen LogP contribution in [0.5, 0.6) is 5.88 Å². The molecule has 1 aliphatic rings. The third-order valence-electron chi connectivity index (χ3n) is 6.87. The molecule has 0 saturated carbocycles. The van der Waals surface area contributed by atoms with E-state index in [2.05, 4.69) is 34.9 Å². The molecule has 4 heterocycles. The van der Waals surface area contributed by atoms with Crippen LogP contribution in [0.1, 0.15) is 63.4 Å². The van der Waals surface area contributed by atoms with Gasteiger partial charge in [0.15, 0.2) is 17.3 Å². The summed E-state index contributed by atoms with van der Waals surface area (Å²) in [5.74, 6) is -1.84. The number of nitrogens with one attached hydrogen (secondary N) is 2. The Morgan fingerprint density at radius 1 is 1.16 bits per heavy atom. The Bertz CT molecular complexity index is 2080. The van der Waals surface area contributed by atoms with E-state index >= 15 is 0 Å². The van der Waals surface area contributed by atoms with E-state index in [1.165, 1.54) is 11.1 Å². The Hall–Kier alpha value is -5.54. The minimum Gasteiger partial charge on any atom is -0.492 e. The number of aromatic carboxylic acids is 1. The van der Waals surface area contributed by atoms with Crippen LogP contribution in [-0.2, 0) is 13.0 Å². The summed E-state index contributed by atoms with van der Waals surface area (Å²) < 4.78 is 11.0. The molecule has 1 aliphatic carbocycles. The number of carboxylic acid groups (broad SMARTS) is 1. The molecule has 45 heavy (non-hydrogen) atoms. The number of carbonyl (C=O) groups is 2. The smallest absolute Gasteiger partial charge is 0.439 e. The number of oxazole rings is 1. The van der Waals surface area contributed by atoms with Crippen LogP contribution in [0.4, 0.5) is 0 Å². The lowest BCUT2D eigenvalue weighted by atomic mass is 10.0. The highest BCUT2D eigenvalue weighted by atomic mass is 35.5. The molecule has 7 rings (SSSR count). The monoisotopic (exact) mass is 636 g/mol. The molecule has 15 nitrogen and oxygen atoms in total. The van der Waals surface area contributed by atoms with E-state index in [1.54, 1.807) is 25.1 Å². The molecule has 1 amide bonds. The van der Waals surface area contributed by atoms with Crippen molar-refractivity contribution in [1.29, 1.82) is 0 Å². The number of hydrogen-bond donors (Lipinski definition) is 5. The molecule has 0 bridgehead atoms. The topological polar surface area (TPSA) is 228 Å². The maximum absolute atomic E-state index is 12.4. The highest BCUT2D eigenvalue weighted by Crippen LogP contribution is 2.31. The van der Waals surface area contributed by atoms with E-state index in [1.807, 2.05) is 18.2 Å². The van der Waals surface area contributed by atoms with Gasteiger partial charge in [-0.05, 0) is 47.7 Å². The first-order chi connectivity index (χ1) is 20.6. The molecule has 0 radical (unpaired) electrons. The zero-order valence-electron chi connectivity index (χ0n) is 23.0. The van der Waals surface area contributed by atoms with Gasteiger partial charge in [-0.1, -0.05) is 30.8 Å². The highest BCUT2D eigenvalue weighted by Gasteiger charge is 2.20. The number of benzene rings is 2. The number of nitrogens with zero attached hydrogens (tertiary/aromatic N) is 5. The van der Waals surface area contributed by atoms with Gasteiger partial charge in [-0.2, -0.15) is 4.98 Å². The fourth-order valence-electron chi connectivity index (χ4n) is 4.86. The zero-order chi connectivity index (χ0) is 30.2. The van der Waals surface area contributed by atoms with Gasteiger partial charge in [-0.3, -0.25) is 18.7 Å². The Morgan fingerprint density at radius 3 is 2.69 bits per heavy atom. The second-order valence-corrected chi connectivity index (χ2v) is 9.82. The molecule has 0 saturated heterocycles. The quantitative estimate of drug-likeness (QED) is 0.183. The molecule has 0 fully saturated rings. The predicted molar refractivity (Wildman–Crippen MR) is 163 cm³/mol. The normalized spacial score (nSPS) is 13.3. The van der Waals surface area contributed by atoms with Crippen LogP contribution in [0.3, 0.4) is 0 Å². The standard InChI is InChI=1S/C17H13N5O5.C11H11N3O2.CH4.ClH/c1-8-19-10-4-9(2-3-13(10)27-8)6-18-15(24)11-5-12(16(25)26)22-7-14(23)21-17(22)20-11;12-9-4-2-6-5-7(1-3-8(6)9)10-13-11(15)16-14-10;;/h2-5,7,23H,6H2,1H3,(H,18,24)(H,25,26);1,3,5,9H,2,4,12H2,(H,13,14,15);1H4;1H/t;9-;;/m.0../s1. The van der Waals surface area contributed by atoms with Gasteiger partial charge in [0.1, 0.15) is 16.9 Å². The Kier molecular flexibility index (Phi) is 9.34. The molecule has 0 unspecified atom stereocenters. The number of fused-ring (bicyclic) bond motifs is 3. The van der Waals surface area contributed by atoms with Crippen LogP contribution < -0.4 is 16.8 Å². The van der Waals surface area contributed by atoms with Gasteiger partial charge in [0.25, 0.3) is 5.91 Å². The number of halogens is 1. The number of amides is 1. The Labute approximate surface area is 260 Å². The van der Waals surface area contributed by atoms with E-state index in [0.717, 1.165) is 40.6 Å². The van der Waals surface area contributed by atoms with Gasteiger partial charge in [0.2, 0.25) is 11.7 Å². The molecule has 0 spiro atoms. The second kappa shape index (κ2) is 13.0. The molecule has 0 aliphatic heterocycles. The van der Waals surface area contributed by atoms with Gasteiger partial charge < -0.3 is 25.7 Å². The molecule has 4 aromatic heterocycles. The maximum atomic E-state index is 12.4. The van der Waals surface area contributed by atoms with Gasteiger partial charge in [-0.15, -0.1) is 12.4 Å². The van der Waals surface area contributed by atoms with Gasteiger partial charge >= 0.3 is 11.7 Å². The lowest BCUT2D eigenvalue weighted by molar-refractivity contribution is 0.0688. The van der Waals surface area contributed by atoms with E-state index in [-0.39, 0.29) is 49.6 Å². The fraction of sp³-hybridized carbons (Fsp3) is 0.207. The van der Waals surface area contributed by atoms with Crippen LogP contribution >= 0.6 is 12.4 Å². The van der Waals surface area contributed by atoms with E-state index in [4.69, 9.17) is 10.2 Å². The number of aromatic amines is 1. The molecule has 234 valence electrons. The number of carbonyl (C=O) groups excluding carboxylic acids is 1. The van der Waals surface area contributed by atoms with Crippen molar-refractivity contribution in [1.82, 2.24) is 34.8 Å². The summed E-state index contributed by atoms with van der Waals surface area (Å²) in [5.41, 5.74) is 11.0. The number of aryl methyl sites for hydroxylation is 2. The molecule has 6 aromatic rings. The molecular weight excluding hydrogens is 608 g/mol. The van der Waals surface area contributed by atoms with Crippen LogP contribution in [0.2, 0.25) is 0 Å². The highest BCUT2D eigenvalue weighted by molar-refractivity contribution is 5.96. The summed E-state index contributed by atoms with van der Waals surface area (Å²) in [6, 6.07) is 12.5. The molecule has 16 heteroatoms. The van der Waals surface area contributed by atoms with Crippen LogP contribution in [0, 0.1) is 6.92 Å². The third-order valence-corrected chi connectivity index (χ3v) is 6.87. The average Bonchev–Trinajstić information content (AvgIpc) is 3.76. The third kappa shape index (κ3) is 6.68. The van der Waals surface area contributed by atoms with Crippen molar-refractivity contribution in [3.05, 3.63) is 93.2 Å². The van der Waals surface area contributed by atoms with E-state index in [9.17, 15) is 24.6 Å². The maximum Gasteiger partial charge on any atom is 0.439 e. The first-order valence-electron chi connectivity index (χ1n) is 13.1. The molecule has 2 aromatic carbocycles. The first kappa shape index (κ1) is 32.4. The largest absolute Gasteiger partial charge is 0.492 e. The van der Waals surface area contributed by atoms with Crippen molar-refractivity contribution in [3.8, 4) is 17.3 Å². The summed E-state index contributed by atoms with van der Waals surface area (Å²) >= 11 is 0. The SMILES string of the molecule is C.Cc1nc2cc(CNC(=O)c3cc(C(=O)O)n4cc(O)nc4n3)ccc2o1.Cl.N[C@H]1CCc2cc(-c3noc(=O)[nH]3)ccc21. The van der Waals surface area contributed by atoms with Crippen molar-refractivity contribution in [2.24, 2.45) is 5.73 Å². The Balaban J connectivity index is 0.000000220. The summed E-state index contributed by atoms with van der Waals surface area (Å²) in [4.78, 5) is 49.1. The number of carboxylic acids is 1. The first-order valence-corrected chi connectivity index (χ1v) is 13.1. The summed E-state index contributed by atoms with van der Waals surface area (Å²) in [6.07, 6.45) is 3.07. The average molecular weight is 637 g/mol. The second-order valence-electron chi connectivity index (χ2n) is 9.82. The van der Waals surface area contributed by atoms with Gasteiger partial charge in [-0.25, -0.2) is 19.6 Å².